The SMILES string of the molecule is Cc1ccc(S(=O)(=O)N2CCC(C(=O)N3CCCC(C(=O)NC4CC4)C3)CC2)c(C)c1. The number of hydrogen-bond acceptors (Lipinski definition) is 4. The summed E-state index contributed by atoms with van der Waals surface area (Å²) in [7, 11) is -3.55. The van der Waals surface area contributed by atoms with Crippen LogP contribution >= 0.6 is 0 Å². The van der Waals surface area contributed by atoms with Gasteiger partial charge in [0.15, 0.2) is 0 Å². The number of sulfonamides is 1. The Balaban J connectivity index is 1.34. The van der Waals surface area contributed by atoms with Crippen molar-refractivity contribution in [2.24, 2.45) is 11.8 Å². The molecule has 2 aliphatic heterocycles. The van der Waals surface area contributed by atoms with Gasteiger partial charge >= 0.3 is 0 Å². The highest BCUT2D eigenvalue weighted by molar-refractivity contribution is 7.89. The number of piperidine rings is 2. The van der Waals surface area contributed by atoms with E-state index in [2.05, 4.69) is 5.32 Å². The lowest BCUT2D eigenvalue weighted by Crippen LogP contribution is -2.49. The molecule has 0 radical (unpaired) electrons. The molecule has 1 atom stereocenters. The monoisotopic (exact) mass is 447 g/mol. The number of carbonyl (C=O) groups excluding carboxylic acids is 2. The van der Waals surface area contributed by atoms with Crippen LogP contribution in [0, 0.1) is 25.7 Å². The van der Waals surface area contributed by atoms with Crippen LogP contribution in [0.15, 0.2) is 23.1 Å². The van der Waals surface area contributed by atoms with Crippen molar-refractivity contribution in [2.45, 2.75) is 63.3 Å². The molecule has 1 saturated carbocycles. The van der Waals surface area contributed by atoms with Crippen molar-refractivity contribution in [3.63, 3.8) is 0 Å². The highest BCUT2D eigenvalue weighted by atomic mass is 32.2. The number of likely N-dealkylation sites (tertiary alicyclic amines) is 1. The molecule has 170 valence electrons. The molecule has 7 nitrogen and oxygen atoms in total. The lowest BCUT2D eigenvalue weighted by Gasteiger charge is -2.37. The van der Waals surface area contributed by atoms with E-state index in [4.69, 9.17) is 0 Å². The van der Waals surface area contributed by atoms with Gasteiger partial charge in [0.1, 0.15) is 0 Å². The molecule has 1 aromatic rings. The first-order valence-corrected chi connectivity index (χ1v) is 12.9. The summed E-state index contributed by atoms with van der Waals surface area (Å²) in [5.74, 6) is -0.138. The number of benzene rings is 1. The summed E-state index contributed by atoms with van der Waals surface area (Å²) in [6, 6.07) is 5.72. The zero-order valence-electron chi connectivity index (χ0n) is 18.5. The molecule has 2 heterocycles. The average molecular weight is 448 g/mol. The third kappa shape index (κ3) is 4.95. The Bertz CT molecular complexity index is 950. The lowest BCUT2D eigenvalue weighted by atomic mass is 9.92. The van der Waals surface area contributed by atoms with Gasteiger partial charge < -0.3 is 10.2 Å². The van der Waals surface area contributed by atoms with Crippen LogP contribution in [-0.4, -0.2) is 61.7 Å². The van der Waals surface area contributed by atoms with Gasteiger partial charge in [0.2, 0.25) is 21.8 Å². The molecule has 3 aliphatic rings. The van der Waals surface area contributed by atoms with E-state index in [1.165, 1.54) is 4.31 Å². The molecule has 2 amide bonds. The van der Waals surface area contributed by atoms with Gasteiger partial charge in [-0.25, -0.2) is 8.42 Å². The minimum atomic E-state index is -3.55. The summed E-state index contributed by atoms with van der Waals surface area (Å²) >= 11 is 0. The van der Waals surface area contributed by atoms with Crippen molar-refractivity contribution in [2.75, 3.05) is 26.2 Å². The predicted octanol–water partition coefficient (Wildman–Crippen LogP) is 2.22. The molecule has 2 saturated heterocycles. The summed E-state index contributed by atoms with van der Waals surface area (Å²) in [6.45, 7) is 5.64. The van der Waals surface area contributed by atoms with E-state index in [0.29, 0.717) is 50.0 Å². The topological polar surface area (TPSA) is 86.8 Å². The van der Waals surface area contributed by atoms with Gasteiger partial charge in [-0.2, -0.15) is 4.31 Å². The number of carbonyl (C=O) groups is 2. The summed E-state index contributed by atoms with van der Waals surface area (Å²) in [6.07, 6.45) is 4.84. The maximum absolute atomic E-state index is 13.1. The zero-order chi connectivity index (χ0) is 22.2. The van der Waals surface area contributed by atoms with Crippen LogP contribution < -0.4 is 5.32 Å². The van der Waals surface area contributed by atoms with Gasteiger partial charge in [-0.15, -0.1) is 0 Å². The Morgan fingerprint density at radius 3 is 2.32 bits per heavy atom. The maximum Gasteiger partial charge on any atom is 0.243 e. The van der Waals surface area contributed by atoms with E-state index in [1.807, 2.05) is 30.9 Å². The third-order valence-corrected chi connectivity index (χ3v) is 8.84. The Morgan fingerprint density at radius 2 is 1.68 bits per heavy atom. The predicted molar refractivity (Wildman–Crippen MR) is 118 cm³/mol. The Morgan fingerprint density at radius 1 is 0.968 bits per heavy atom. The van der Waals surface area contributed by atoms with E-state index in [0.717, 1.165) is 36.8 Å². The van der Waals surface area contributed by atoms with Crippen LogP contribution in [-0.2, 0) is 19.6 Å². The lowest BCUT2D eigenvalue weighted by molar-refractivity contribution is -0.140. The van der Waals surface area contributed by atoms with Crippen LogP contribution in [0.25, 0.3) is 0 Å². The summed E-state index contributed by atoms with van der Waals surface area (Å²) in [5.41, 5.74) is 1.79. The van der Waals surface area contributed by atoms with Gasteiger partial charge in [-0.3, -0.25) is 9.59 Å². The summed E-state index contributed by atoms with van der Waals surface area (Å²) < 4.78 is 27.7. The minimum absolute atomic E-state index is 0.0764. The van der Waals surface area contributed by atoms with Crippen molar-refractivity contribution < 1.29 is 18.0 Å². The molecule has 1 N–H and O–H groups in total. The molecule has 3 fully saturated rings. The second-order valence-corrected chi connectivity index (χ2v) is 11.3. The Hall–Kier alpha value is -1.93. The van der Waals surface area contributed by atoms with Crippen molar-refractivity contribution in [1.82, 2.24) is 14.5 Å². The zero-order valence-corrected chi connectivity index (χ0v) is 19.3. The smallest absolute Gasteiger partial charge is 0.243 e. The molecule has 0 bridgehead atoms. The van der Waals surface area contributed by atoms with E-state index >= 15 is 0 Å². The maximum atomic E-state index is 13.1. The van der Waals surface area contributed by atoms with E-state index in [9.17, 15) is 18.0 Å². The molecule has 4 rings (SSSR count). The van der Waals surface area contributed by atoms with Gasteiger partial charge in [0, 0.05) is 38.1 Å². The molecule has 31 heavy (non-hydrogen) atoms. The van der Waals surface area contributed by atoms with Crippen molar-refractivity contribution in [3.8, 4) is 0 Å². The number of aryl methyl sites for hydroxylation is 2. The first-order chi connectivity index (χ1) is 14.8. The first kappa shape index (κ1) is 22.3. The van der Waals surface area contributed by atoms with Gasteiger partial charge in [0.05, 0.1) is 10.8 Å². The van der Waals surface area contributed by atoms with Gasteiger partial charge in [-0.1, -0.05) is 17.7 Å². The average Bonchev–Trinajstić information content (AvgIpc) is 3.57. The molecule has 0 spiro atoms. The fourth-order valence-corrected chi connectivity index (χ4v) is 6.44. The normalized spacial score (nSPS) is 23.5. The molecule has 1 aromatic carbocycles. The molecule has 1 unspecified atom stereocenters. The minimum Gasteiger partial charge on any atom is -0.353 e. The van der Waals surface area contributed by atoms with Crippen LogP contribution in [0.2, 0.25) is 0 Å². The van der Waals surface area contributed by atoms with Crippen LogP contribution in [0.4, 0.5) is 0 Å². The van der Waals surface area contributed by atoms with E-state index < -0.39 is 10.0 Å². The van der Waals surface area contributed by atoms with E-state index in [-0.39, 0.29) is 23.7 Å². The highest BCUT2D eigenvalue weighted by Gasteiger charge is 2.37. The van der Waals surface area contributed by atoms with Crippen LogP contribution in [0.1, 0.15) is 49.7 Å². The molecule has 8 heteroatoms. The Kier molecular flexibility index (Phi) is 6.40. The largest absolute Gasteiger partial charge is 0.353 e. The second kappa shape index (κ2) is 8.90. The fourth-order valence-electron chi connectivity index (χ4n) is 4.77. The van der Waals surface area contributed by atoms with Crippen molar-refractivity contribution in [3.05, 3.63) is 29.3 Å². The number of nitrogens with one attached hydrogen (secondary N) is 1. The molecule has 0 aromatic heterocycles. The van der Waals surface area contributed by atoms with E-state index in [1.54, 1.807) is 6.07 Å². The molecule has 1 aliphatic carbocycles. The van der Waals surface area contributed by atoms with Crippen LogP contribution in [0.3, 0.4) is 0 Å². The number of hydrogen-bond donors (Lipinski definition) is 1. The Labute approximate surface area is 185 Å². The van der Waals surface area contributed by atoms with Gasteiger partial charge in [0.25, 0.3) is 0 Å². The standard InChI is InChI=1S/C23H33N3O4S/c1-16-5-8-21(17(2)14-16)31(29,30)26-12-9-18(10-13-26)23(28)25-11-3-4-19(15-25)22(27)24-20-6-7-20/h5,8,14,18-20H,3-4,6-7,9-13,15H2,1-2H3,(H,24,27). The van der Waals surface area contributed by atoms with Crippen molar-refractivity contribution in [1.29, 1.82) is 0 Å². The fraction of sp³-hybridized carbons (Fsp3) is 0.652. The summed E-state index contributed by atoms with van der Waals surface area (Å²) in [5, 5.41) is 3.06. The number of rotatable bonds is 5. The first-order valence-electron chi connectivity index (χ1n) is 11.4. The van der Waals surface area contributed by atoms with Crippen LogP contribution in [0.5, 0.6) is 0 Å². The van der Waals surface area contributed by atoms with Gasteiger partial charge in [-0.05, 0) is 64.0 Å². The third-order valence-electron chi connectivity index (χ3n) is 6.78. The highest BCUT2D eigenvalue weighted by Crippen LogP contribution is 2.29. The number of nitrogens with zero attached hydrogens (tertiary/aromatic N) is 2. The molecular weight excluding hydrogens is 414 g/mol. The summed E-state index contributed by atoms with van der Waals surface area (Å²) in [4.78, 5) is 27.7. The second-order valence-electron chi connectivity index (χ2n) is 9.35. The quantitative estimate of drug-likeness (QED) is 0.750. The number of amides is 2. The molecular formula is C23H33N3O4S. The van der Waals surface area contributed by atoms with Crippen molar-refractivity contribution >= 4 is 21.8 Å².